The molecule has 28 heavy (non-hydrogen) atoms. The number of nitro groups is 1. The lowest BCUT2D eigenvalue weighted by atomic mass is 10.00. The topological polar surface area (TPSA) is 107 Å². The van der Waals surface area contributed by atoms with Gasteiger partial charge in [0.25, 0.3) is 17.2 Å². The molecule has 2 fully saturated rings. The Hall–Kier alpha value is -2.07. The number of nitrogens with zero attached hydrogens (tertiary/aromatic N) is 2. The Morgan fingerprint density at radius 1 is 1.36 bits per heavy atom. The van der Waals surface area contributed by atoms with E-state index < -0.39 is 36.1 Å². The Morgan fingerprint density at radius 3 is 2.71 bits per heavy atom. The third kappa shape index (κ3) is 2.89. The van der Waals surface area contributed by atoms with Crippen molar-refractivity contribution in [2.75, 3.05) is 44.5 Å². The number of anilines is 1. The number of para-hydroxylation sites is 1. The van der Waals surface area contributed by atoms with E-state index in [1.165, 1.54) is 11.3 Å². The molecular weight excluding hydrogens is 366 g/mol. The second-order valence-electron chi connectivity index (χ2n) is 8.19. The molecule has 0 radical (unpaired) electrons. The molecule has 0 aromatic heterocycles. The van der Waals surface area contributed by atoms with Crippen molar-refractivity contribution in [3.8, 4) is 0 Å². The van der Waals surface area contributed by atoms with Gasteiger partial charge in [-0.15, -0.1) is 0 Å². The van der Waals surface area contributed by atoms with Crippen LogP contribution in [0.15, 0.2) is 24.3 Å². The molecule has 1 aromatic rings. The van der Waals surface area contributed by atoms with Gasteiger partial charge in [-0.3, -0.25) is 19.8 Å². The monoisotopic (exact) mass is 392 g/mol. The van der Waals surface area contributed by atoms with Crippen LogP contribution in [0.1, 0.15) is 25.3 Å². The largest absolute Gasteiger partial charge is 0.389 e. The number of likely N-dealkylation sites (tertiary alicyclic amines) is 1. The maximum atomic E-state index is 13.4. The highest BCUT2D eigenvalue weighted by atomic mass is 16.7. The first kappa shape index (κ1) is 19.3. The van der Waals surface area contributed by atoms with Gasteiger partial charge >= 0.3 is 0 Å². The number of hydrogen-bond acceptors (Lipinski definition) is 6. The van der Waals surface area contributed by atoms with Crippen LogP contribution in [0.5, 0.6) is 0 Å². The summed E-state index contributed by atoms with van der Waals surface area (Å²) in [5, 5.41) is 20.9. The normalized spacial score (nSPS) is 35.2. The molecule has 9 nitrogen and oxygen atoms in total. The van der Waals surface area contributed by atoms with Crippen molar-refractivity contribution in [1.29, 1.82) is 0 Å². The summed E-state index contributed by atoms with van der Waals surface area (Å²) in [4.78, 5) is 27.2. The fourth-order valence-electron chi connectivity index (χ4n) is 4.40. The molecule has 2 N–H and O–H groups in total. The molecule has 1 aromatic carbocycles. The minimum atomic E-state index is -1.75. The molecular formula is C19H26N3O6+. The summed E-state index contributed by atoms with van der Waals surface area (Å²) in [5.41, 5.74) is -0.461. The molecule has 4 rings (SSSR count). The molecule has 152 valence electrons. The highest BCUT2D eigenvalue weighted by Gasteiger charge is 2.62. The first-order valence-corrected chi connectivity index (χ1v) is 9.70. The van der Waals surface area contributed by atoms with Crippen molar-refractivity contribution in [1.82, 2.24) is 0 Å². The Bertz CT molecular complexity index is 777. The van der Waals surface area contributed by atoms with Gasteiger partial charge in [0, 0.05) is 16.4 Å². The lowest BCUT2D eigenvalue weighted by Crippen LogP contribution is -3.15. The molecule has 3 aliphatic heterocycles. The minimum Gasteiger partial charge on any atom is -0.389 e. The van der Waals surface area contributed by atoms with Crippen LogP contribution in [-0.2, 0) is 20.1 Å². The number of aliphatic hydroxyl groups is 1. The van der Waals surface area contributed by atoms with Gasteiger partial charge in [0.05, 0.1) is 18.8 Å². The Kier molecular flexibility index (Phi) is 4.86. The number of rotatable bonds is 4. The van der Waals surface area contributed by atoms with Crippen LogP contribution in [0, 0.1) is 16.0 Å². The van der Waals surface area contributed by atoms with E-state index >= 15 is 0 Å². The Balaban J connectivity index is 1.62. The standard InChI is InChI=1S/C19H25N3O6/c1-14-5-4-8-20(9-14)13-21-16-7-3-2-6-15(16)19(17(21)24)27-11-18(10-23,12-28-19)22(25)26/h2-3,6-7,14,23H,4-5,8-13H2,1H3/p+1/t14-,18?,19?/m1/s1. The predicted molar refractivity (Wildman–Crippen MR) is 98.3 cm³/mol. The predicted octanol–water partition coefficient (Wildman–Crippen LogP) is -0.487. The fourth-order valence-corrected chi connectivity index (χ4v) is 4.40. The third-order valence-corrected chi connectivity index (χ3v) is 6.09. The van der Waals surface area contributed by atoms with Gasteiger partial charge in [-0.1, -0.05) is 25.1 Å². The molecule has 3 aliphatic rings. The number of carbonyl (C=O) groups is 1. The van der Waals surface area contributed by atoms with Gasteiger partial charge in [-0.2, -0.15) is 0 Å². The first-order chi connectivity index (χ1) is 13.4. The summed E-state index contributed by atoms with van der Waals surface area (Å²) in [6.07, 6.45) is 2.33. The van der Waals surface area contributed by atoms with E-state index in [2.05, 4.69) is 6.92 Å². The van der Waals surface area contributed by atoms with Crippen LogP contribution >= 0.6 is 0 Å². The number of carbonyl (C=O) groups excluding carboxylic acids is 1. The zero-order valence-electron chi connectivity index (χ0n) is 15.9. The van der Waals surface area contributed by atoms with Crippen molar-refractivity contribution in [3.05, 3.63) is 39.9 Å². The van der Waals surface area contributed by atoms with Gasteiger partial charge in [-0.25, -0.2) is 0 Å². The lowest BCUT2D eigenvalue weighted by molar-refractivity contribution is -0.907. The number of piperidine rings is 1. The SMILES string of the molecule is C[C@@H]1CCC[NH+](CN2C(=O)C3(OCC(CO)([N+](=O)[O-])CO3)c3ccccc32)C1. The third-order valence-electron chi connectivity index (χ3n) is 6.09. The summed E-state index contributed by atoms with van der Waals surface area (Å²) in [6.45, 7) is 3.23. The van der Waals surface area contributed by atoms with Crippen LogP contribution in [0.3, 0.4) is 0 Å². The van der Waals surface area contributed by atoms with Crippen LogP contribution < -0.4 is 9.80 Å². The average Bonchev–Trinajstić information content (AvgIpc) is 2.92. The number of amides is 1. The van der Waals surface area contributed by atoms with Gasteiger partial charge in [0.2, 0.25) is 0 Å². The van der Waals surface area contributed by atoms with Crippen molar-refractivity contribution in [2.24, 2.45) is 5.92 Å². The number of nitrogens with one attached hydrogen (secondary N) is 1. The second-order valence-corrected chi connectivity index (χ2v) is 8.19. The number of hydrogen-bond donors (Lipinski definition) is 2. The number of fused-ring (bicyclic) bond motifs is 2. The molecule has 2 saturated heterocycles. The van der Waals surface area contributed by atoms with Crippen LogP contribution in [0.25, 0.3) is 0 Å². The van der Waals surface area contributed by atoms with Crippen molar-refractivity contribution in [3.63, 3.8) is 0 Å². The number of benzene rings is 1. The van der Waals surface area contributed by atoms with E-state index in [1.807, 2.05) is 12.1 Å². The summed E-state index contributed by atoms with van der Waals surface area (Å²) in [6, 6.07) is 7.26. The van der Waals surface area contributed by atoms with E-state index in [9.17, 15) is 20.0 Å². The molecule has 1 spiro atoms. The second kappa shape index (κ2) is 7.07. The summed E-state index contributed by atoms with van der Waals surface area (Å²) in [7, 11) is 0. The maximum absolute atomic E-state index is 13.4. The van der Waals surface area contributed by atoms with E-state index in [-0.39, 0.29) is 5.91 Å². The van der Waals surface area contributed by atoms with Crippen LogP contribution in [0.4, 0.5) is 5.69 Å². The number of ether oxygens (including phenoxy) is 2. The van der Waals surface area contributed by atoms with E-state index in [0.29, 0.717) is 18.2 Å². The minimum absolute atomic E-state index is 0.352. The van der Waals surface area contributed by atoms with Crippen molar-refractivity contribution in [2.45, 2.75) is 31.1 Å². The van der Waals surface area contributed by atoms with E-state index in [0.717, 1.165) is 25.2 Å². The molecule has 3 heterocycles. The summed E-state index contributed by atoms with van der Waals surface area (Å²) in [5.74, 6) is -1.42. The molecule has 2 atom stereocenters. The highest BCUT2D eigenvalue weighted by Crippen LogP contribution is 2.46. The maximum Gasteiger partial charge on any atom is 0.296 e. The molecule has 0 saturated carbocycles. The van der Waals surface area contributed by atoms with Gasteiger partial charge < -0.3 is 19.5 Å². The lowest BCUT2D eigenvalue weighted by Gasteiger charge is -2.38. The van der Waals surface area contributed by atoms with Crippen molar-refractivity contribution < 1.29 is 29.2 Å². The quantitative estimate of drug-likeness (QED) is 0.529. The zero-order valence-corrected chi connectivity index (χ0v) is 15.9. The van der Waals surface area contributed by atoms with E-state index in [4.69, 9.17) is 9.47 Å². The zero-order chi connectivity index (χ0) is 19.9. The highest BCUT2D eigenvalue weighted by molar-refractivity contribution is 6.05. The van der Waals surface area contributed by atoms with Gasteiger partial charge in [-0.05, 0) is 18.9 Å². The number of aliphatic hydroxyl groups excluding tert-OH is 1. The van der Waals surface area contributed by atoms with Crippen LogP contribution in [-0.4, -0.2) is 61.1 Å². The van der Waals surface area contributed by atoms with E-state index in [1.54, 1.807) is 17.0 Å². The molecule has 1 amide bonds. The Morgan fingerprint density at radius 2 is 2.07 bits per heavy atom. The Labute approximate surface area is 163 Å². The summed E-state index contributed by atoms with van der Waals surface area (Å²) >= 11 is 0. The van der Waals surface area contributed by atoms with Crippen LogP contribution in [0.2, 0.25) is 0 Å². The molecule has 0 bridgehead atoms. The average molecular weight is 392 g/mol. The summed E-state index contributed by atoms with van der Waals surface area (Å²) < 4.78 is 11.5. The smallest absolute Gasteiger partial charge is 0.296 e. The van der Waals surface area contributed by atoms with Gasteiger partial charge in [0.1, 0.15) is 19.8 Å². The van der Waals surface area contributed by atoms with Gasteiger partial charge in [0.15, 0.2) is 6.67 Å². The molecule has 1 unspecified atom stereocenters. The number of quaternary nitrogens is 1. The molecule has 0 aliphatic carbocycles. The first-order valence-electron chi connectivity index (χ1n) is 9.70. The fraction of sp³-hybridized carbons (Fsp3) is 0.632. The van der Waals surface area contributed by atoms with Crippen molar-refractivity contribution >= 4 is 11.6 Å². The molecule has 9 heteroatoms.